The van der Waals surface area contributed by atoms with E-state index in [1.54, 1.807) is 0 Å². The van der Waals surface area contributed by atoms with Gasteiger partial charge in [0.25, 0.3) is 0 Å². The number of hydrogen-bond acceptors (Lipinski definition) is 4. The standard InChI is InChI=1S/C18H30N2O2/c1-4-11-22-18-15(3)12-14(2)13-16(18)17(21)5-8-20-9-6-19-7-10-20/h12-13,17,19,21H,4-11H2,1-3H3. The van der Waals surface area contributed by atoms with Crippen molar-refractivity contribution in [3.8, 4) is 5.75 Å². The molecule has 1 unspecified atom stereocenters. The Kier molecular flexibility index (Phi) is 6.68. The smallest absolute Gasteiger partial charge is 0.128 e. The first kappa shape index (κ1) is 17.3. The molecule has 4 heteroatoms. The molecule has 1 atom stereocenters. The molecule has 0 amide bonds. The zero-order valence-electron chi connectivity index (χ0n) is 14.2. The summed E-state index contributed by atoms with van der Waals surface area (Å²) < 4.78 is 5.90. The van der Waals surface area contributed by atoms with Gasteiger partial charge in [-0.2, -0.15) is 0 Å². The van der Waals surface area contributed by atoms with Crippen LogP contribution in [0.4, 0.5) is 0 Å². The van der Waals surface area contributed by atoms with Gasteiger partial charge in [-0.05, 0) is 38.3 Å². The first-order valence-corrected chi connectivity index (χ1v) is 8.47. The zero-order valence-corrected chi connectivity index (χ0v) is 14.2. The van der Waals surface area contributed by atoms with Gasteiger partial charge >= 0.3 is 0 Å². The van der Waals surface area contributed by atoms with Gasteiger partial charge in [0.2, 0.25) is 0 Å². The molecule has 4 nitrogen and oxygen atoms in total. The average molecular weight is 306 g/mol. The number of piperazine rings is 1. The average Bonchev–Trinajstić information content (AvgIpc) is 2.52. The Morgan fingerprint density at radius 1 is 1.27 bits per heavy atom. The first-order chi connectivity index (χ1) is 10.6. The Labute approximate surface area is 134 Å². The molecule has 0 radical (unpaired) electrons. The third-order valence-corrected chi connectivity index (χ3v) is 4.19. The number of rotatable bonds is 7. The van der Waals surface area contributed by atoms with Gasteiger partial charge in [-0.25, -0.2) is 0 Å². The van der Waals surface area contributed by atoms with E-state index in [4.69, 9.17) is 4.74 Å². The van der Waals surface area contributed by atoms with Crippen molar-refractivity contribution in [2.24, 2.45) is 0 Å². The molecule has 1 aliphatic heterocycles. The molecule has 0 spiro atoms. The lowest BCUT2D eigenvalue weighted by molar-refractivity contribution is 0.132. The van der Waals surface area contributed by atoms with E-state index in [9.17, 15) is 5.11 Å². The summed E-state index contributed by atoms with van der Waals surface area (Å²) in [5.74, 6) is 0.875. The number of aliphatic hydroxyl groups excluding tert-OH is 1. The van der Waals surface area contributed by atoms with Gasteiger partial charge in [0.15, 0.2) is 0 Å². The molecule has 0 saturated carbocycles. The van der Waals surface area contributed by atoms with E-state index in [1.807, 2.05) is 0 Å². The monoisotopic (exact) mass is 306 g/mol. The largest absolute Gasteiger partial charge is 0.493 e. The second-order valence-electron chi connectivity index (χ2n) is 6.24. The number of ether oxygens (including phenoxy) is 1. The molecular weight excluding hydrogens is 276 g/mol. The van der Waals surface area contributed by atoms with E-state index in [1.165, 1.54) is 5.56 Å². The highest BCUT2D eigenvalue weighted by atomic mass is 16.5. The lowest BCUT2D eigenvalue weighted by atomic mass is 9.99. The van der Waals surface area contributed by atoms with Crippen LogP contribution in [0.1, 0.15) is 42.6 Å². The molecule has 1 aromatic rings. The summed E-state index contributed by atoms with van der Waals surface area (Å²) >= 11 is 0. The summed E-state index contributed by atoms with van der Waals surface area (Å²) in [6.07, 6.45) is 1.27. The van der Waals surface area contributed by atoms with E-state index in [-0.39, 0.29) is 0 Å². The number of nitrogens with zero attached hydrogens (tertiary/aromatic N) is 1. The molecular formula is C18H30N2O2. The molecule has 0 aromatic heterocycles. The van der Waals surface area contributed by atoms with E-state index in [2.05, 4.69) is 43.1 Å². The second-order valence-corrected chi connectivity index (χ2v) is 6.24. The van der Waals surface area contributed by atoms with Crippen LogP contribution in [0.3, 0.4) is 0 Å². The maximum atomic E-state index is 10.7. The van der Waals surface area contributed by atoms with Crippen LogP contribution in [0.25, 0.3) is 0 Å². The number of hydrogen-bond donors (Lipinski definition) is 2. The van der Waals surface area contributed by atoms with Crippen molar-refractivity contribution in [3.05, 3.63) is 28.8 Å². The molecule has 1 aromatic carbocycles. The minimum Gasteiger partial charge on any atom is -0.493 e. The molecule has 124 valence electrons. The second kappa shape index (κ2) is 8.51. The summed E-state index contributed by atoms with van der Waals surface area (Å²) in [6.45, 7) is 12.1. The fourth-order valence-electron chi connectivity index (χ4n) is 3.03. The topological polar surface area (TPSA) is 44.7 Å². The van der Waals surface area contributed by atoms with Crippen LogP contribution < -0.4 is 10.1 Å². The predicted molar refractivity (Wildman–Crippen MR) is 90.6 cm³/mol. The van der Waals surface area contributed by atoms with Gasteiger partial charge in [-0.1, -0.05) is 18.6 Å². The van der Waals surface area contributed by atoms with Gasteiger partial charge in [0, 0.05) is 38.3 Å². The van der Waals surface area contributed by atoms with Gasteiger partial charge in [-0.15, -0.1) is 0 Å². The van der Waals surface area contributed by atoms with E-state index < -0.39 is 6.10 Å². The molecule has 0 bridgehead atoms. The van der Waals surface area contributed by atoms with Gasteiger partial charge in [0.1, 0.15) is 5.75 Å². The molecule has 2 rings (SSSR count). The molecule has 1 fully saturated rings. The SMILES string of the molecule is CCCOc1c(C)cc(C)cc1C(O)CCN1CCNCC1. The fraction of sp³-hybridized carbons (Fsp3) is 0.667. The van der Waals surface area contributed by atoms with Crippen molar-refractivity contribution in [1.29, 1.82) is 0 Å². The van der Waals surface area contributed by atoms with Gasteiger partial charge in [0.05, 0.1) is 12.7 Å². The Balaban J connectivity index is 2.04. The van der Waals surface area contributed by atoms with Crippen LogP contribution >= 0.6 is 0 Å². The Hall–Kier alpha value is -1.10. The zero-order chi connectivity index (χ0) is 15.9. The maximum Gasteiger partial charge on any atom is 0.128 e. The maximum absolute atomic E-state index is 10.7. The molecule has 1 heterocycles. The summed E-state index contributed by atoms with van der Waals surface area (Å²) in [5.41, 5.74) is 3.24. The van der Waals surface area contributed by atoms with Crippen LogP contribution in [-0.2, 0) is 0 Å². The Bertz CT molecular complexity index is 470. The van der Waals surface area contributed by atoms with Crippen molar-refractivity contribution in [1.82, 2.24) is 10.2 Å². The predicted octanol–water partition coefficient (Wildman–Crippen LogP) is 2.42. The fourth-order valence-corrected chi connectivity index (χ4v) is 3.03. The minimum absolute atomic E-state index is 0.458. The van der Waals surface area contributed by atoms with E-state index in [0.717, 1.165) is 62.4 Å². The van der Waals surface area contributed by atoms with Crippen molar-refractivity contribution < 1.29 is 9.84 Å². The first-order valence-electron chi connectivity index (χ1n) is 8.47. The molecule has 1 aliphatic rings. The van der Waals surface area contributed by atoms with Gasteiger partial charge in [-0.3, -0.25) is 0 Å². The summed E-state index contributed by atoms with van der Waals surface area (Å²) in [4.78, 5) is 2.41. The van der Waals surface area contributed by atoms with Gasteiger partial charge < -0.3 is 20.1 Å². The summed E-state index contributed by atoms with van der Waals surface area (Å²) in [6, 6.07) is 4.19. The molecule has 1 saturated heterocycles. The van der Waals surface area contributed by atoms with Crippen LogP contribution in [0.5, 0.6) is 5.75 Å². The Morgan fingerprint density at radius 3 is 2.68 bits per heavy atom. The van der Waals surface area contributed by atoms with E-state index >= 15 is 0 Å². The number of benzene rings is 1. The van der Waals surface area contributed by atoms with Crippen molar-refractivity contribution in [3.63, 3.8) is 0 Å². The lowest BCUT2D eigenvalue weighted by Crippen LogP contribution is -2.44. The van der Waals surface area contributed by atoms with Crippen LogP contribution in [-0.4, -0.2) is 49.3 Å². The van der Waals surface area contributed by atoms with Crippen molar-refractivity contribution >= 4 is 0 Å². The molecule has 2 N–H and O–H groups in total. The van der Waals surface area contributed by atoms with Crippen LogP contribution in [0.15, 0.2) is 12.1 Å². The number of nitrogens with one attached hydrogen (secondary N) is 1. The number of aliphatic hydroxyl groups is 1. The highest BCUT2D eigenvalue weighted by Gasteiger charge is 2.18. The van der Waals surface area contributed by atoms with Crippen LogP contribution in [0.2, 0.25) is 0 Å². The summed E-state index contributed by atoms with van der Waals surface area (Å²) in [7, 11) is 0. The van der Waals surface area contributed by atoms with E-state index in [0.29, 0.717) is 6.61 Å². The normalized spacial score (nSPS) is 17.5. The lowest BCUT2D eigenvalue weighted by Gasteiger charge is -2.28. The van der Waals surface area contributed by atoms with Crippen molar-refractivity contribution in [2.75, 3.05) is 39.3 Å². The quantitative estimate of drug-likeness (QED) is 0.812. The third-order valence-electron chi connectivity index (χ3n) is 4.19. The molecule has 0 aliphatic carbocycles. The summed E-state index contributed by atoms with van der Waals surface area (Å²) in [5, 5.41) is 14.0. The van der Waals surface area contributed by atoms with Crippen molar-refractivity contribution in [2.45, 2.75) is 39.7 Å². The number of aryl methyl sites for hydroxylation is 2. The third kappa shape index (κ3) is 4.70. The highest BCUT2D eigenvalue weighted by molar-refractivity contribution is 5.45. The molecule has 22 heavy (non-hydrogen) atoms. The minimum atomic E-state index is -0.458. The highest BCUT2D eigenvalue weighted by Crippen LogP contribution is 2.32. The Morgan fingerprint density at radius 2 is 2.00 bits per heavy atom. The van der Waals surface area contributed by atoms with Crippen LogP contribution in [0, 0.1) is 13.8 Å².